The second kappa shape index (κ2) is 5.03. The third-order valence-corrected chi connectivity index (χ3v) is 3.44. The fraction of sp³-hybridized carbons (Fsp3) is 0.500. The van der Waals surface area contributed by atoms with Crippen molar-refractivity contribution < 1.29 is 8.78 Å². The van der Waals surface area contributed by atoms with Crippen molar-refractivity contribution >= 4 is 0 Å². The summed E-state index contributed by atoms with van der Waals surface area (Å²) >= 11 is 0. The second-order valence-corrected chi connectivity index (χ2v) is 5.12. The smallest absolute Gasteiger partial charge is 0.129 e. The summed E-state index contributed by atoms with van der Waals surface area (Å²) in [4.78, 5) is 2.04. The van der Waals surface area contributed by atoms with Crippen LogP contribution >= 0.6 is 0 Å². The summed E-state index contributed by atoms with van der Waals surface area (Å²) in [6.45, 7) is 1.40. The highest BCUT2D eigenvalue weighted by atomic mass is 19.1. The van der Waals surface area contributed by atoms with Gasteiger partial charge in [0.05, 0.1) is 11.5 Å². The van der Waals surface area contributed by atoms with Gasteiger partial charge in [0, 0.05) is 19.2 Å². The lowest BCUT2D eigenvalue weighted by Gasteiger charge is -2.19. The summed E-state index contributed by atoms with van der Waals surface area (Å²) in [7, 11) is 1.93. The van der Waals surface area contributed by atoms with E-state index >= 15 is 0 Å². The first-order valence-corrected chi connectivity index (χ1v) is 6.08. The van der Waals surface area contributed by atoms with Crippen LogP contribution in [0.25, 0.3) is 0 Å². The topological polar surface area (TPSA) is 27.0 Å². The van der Waals surface area contributed by atoms with Crippen LogP contribution in [0.3, 0.4) is 0 Å². The Morgan fingerprint density at radius 3 is 2.67 bits per heavy atom. The molecule has 0 aromatic heterocycles. The summed E-state index contributed by atoms with van der Waals surface area (Å²) in [6, 6.07) is 6.00. The van der Waals surface area contributed by atoms with Crippen LogP contribution in [0, 0.1) is 28.4 Å². The first kappa shape index (κ1) is 13.0. The van der Waals surface area contributed by atoms with Gasteiger partial charge in [-0.15, -0.1) is 0 Å². The fourth-order valence-corrected chi connectivity index (χ4v) is 2.09. The summed E-state index contributed by atoms with van der Waals surface area (Å²) in [6.07, 6.45) is 2.45. The number of rotatable bonds is 5. The quantitative estimate of drug-likeness (QED) is 0.803. The molecule has 0 N–H and O–H groups in total. The first-order valence-electron chi connectivity index (χ1n) is 6.08. The van der Waals surface area contributed by atoms with Crippen molar-refractivity contribution in [1.82, 2.24) is 4.90 Å². The maximum absolute atomic E-state index is 13.4. The van der Waals surface area contributed by atoms with Gasteiger partial charge in [-0.1, -0.05) is 6.07 Å². The minimum atomic E-state index is -0.550. The van der Waals surface area contributed by atoms with Crippen LogP contribution < -0.4 is 0 Å². The summed E-state index contributed by atoms with van der Waals surface area (Å²) in [5, 5.41) is 8.99. The first-order chi connectivity index (χ1) is 8.54. The van der Waals surface area contributed by atoms with Crippen molar-refractivity contribution in [2.24, 2.45) is 5.41 Å². The number of likely N-dealkylation sites (N-methyl/N-ethyl adjacent to an activating group) is 1. The molecule has 1 aromatic carbocycles. The minimum absolute atomic E-state index is 0.171. The van der Waals surface area contributed by atoms with E-state index in [4.69, 9.17) is 5.26 Å². The molecule has 0 unspecified atom stereocenters. The maximum atomic E-state index is 13.4. The highest BCUT2D eigenvalue weighted by Gasteiger charge is 2.43. The molecule has 18 heavy (non-hydrogen) atoms. The molecule has 1 aliphatic rings. The number of hydrogen-bond acceptors (Lipinski definition) is 2. The number of nitriles is 1. The molecular weight excluding hydrogens is 234 g/mol. The lowest BCUT2D eigenvalue weighted by Crippen LogP contribution is -2.28. The molecular formula is C14H16F2N2. The van der Waals surface area contributed by atoms with E-state index in [1.54, 1.807) is 0 Å². The molecule has 1 aliphatic carbocycles. The number of halogens is 2. The average molecular weight is 250 g/mol. The zero-order chi connectivity index (χ0) is 13.2. The molecule has 0 saturated heterocycles. The van der Waals surface area contributed by atoms with Gasteiger partial charge in [-0.05, 0) is 37.9 Å². The lowest BCUT2D eigenvalue weighted by atomic mass is 10.1. The summed E-state index contributed by atoms with van der Waals surface area (Å²) < 4.78 is 26.1. The van der Waals surface area contributed by atoms with Gasteiger partial charge in [-0.3, -0.25) is 0 Å². The van der Waals surface area contributed by atoms with E-state index in [0.717, 1.165) is 25.5 Å². The molecule has 0 aliphatic heterocycles. The van der Waals surface area contributed by atoms with Gasteiger partial charge in [0.25, 0.3) is 0 Å². The monoisotopic (exact) mass is 250 g/mol. The molecule has 2 rings (SSSR count). The Bertz CT molecular complexity index is 475. The maximum Gasteiger partial charge on any atom is 0.129 e. The van der Waals surface area contributed by atoms with Gasteiger partial charge < -0.3 is 4.90 Å². The third-order valence-electron chi connectivity index (χ3n) is 3.44. The second-order valence-electron chi connectivity index (χ2n) is 5.12. The molecule has 0 atom stereocenters. The van der Waals surface area contributed by atoms with E-state index < -0.39 is 11.6 Å². The van der Waals surface area contributed by atoms with Crippen molar-refractivity contribution in [3.05, 3.63) is 35.4 Å². The van der Waals surface area contributed by atoms with E-state index in [9.17, 15) is 8.78 Å². The fourth-order valence-electron chi connectivity index (χ4n) is 2.09. The van der Waals surface area contributed by atoms with Crippen LogP contribution in [-0.4, -0.2) is 25.0 Å². The zero-order valence-corrected chi connectivity index (χ0v) is 10.4. The Kier molecular flexibility index (Phi) is 3.63. The normalized spacial score (nSPS) is 16.6. The van der Waals surface area contributed by atoms with E-state index in [0.29, 0.717) is 18.5 Å². The molecule has 0 spiro atoms. The van der Waals surface area contributed by atoms with E-state index in [1.807, 2.05) is 11.9 Å². The molecule has 0 radical (unpaired) electrons. The molecule has 1 saturated carbocycles. The summed E-state index contributed by atoms with van der Waals surface area (Å²) in [5.41, 5.74) is 0.348. The largest absolute Gasteiger partial charge is 0.304 e. The van der Waals surface area contributed by atoms with Crippen LogP contribution in [0.2, 0.25) is 0 Å². The molecule has 0 amide bonds. The molecule has 96 valence electrons. The molecule has 0 heterocycles. The number of benzene rings is 1. The van der Waals surface area contributed by atoms with Crippen LogP contribution in [0.1, 0.15) is 18.4 Å². The van der Waals surface area contributed by atoms with Crippen LogP contribution in [-0.2, 0) is 6.42 Å². The Morgan fingerprint density at radius 1 is 1.39 bits per heavy atom. The molecule has 0 bridgehead atoms. The predicted molar refractivity (Wildman–Crippen MR) is 64.8 cm³/mol. The van der Waals surface area contributed by atoms with E-state index in [2.05, 4.69) is 6.07 Å². The van der Waals surface area contributed by atoms with Crippen LogP contribution in [0.5, 0.6) is 0 Å². The van der Waals surface area contributed by atoms with Crippen molar-refractivity contribution in [3.63, 3.8) is 0 Å². The highest BCUT2D eigenvalue weighted by Crippen LogP contribution is 2.45. The van der Waals surface area contributed by atoms with Gasteiger partial charge in [-0.2, -0.15) is 5.26 Å². The Labute approximate surface area is 106 Å². The van der Waals surface area contributed by atoms with Gasteiger partial charge in [-0.25, -0.2) is 8.78 Å². The highest BCUT2D eigenvalue weighted by molar-refractivity contribution is 5.19. The SMILES string of the molecule is CN(CCc1ccc(F)cc1F)CC1(C#N)CC1. The van der Waals surface area contributed by atoms with Gasteiger partial charge in [0.15, 0.2) is 0 Å². The van der Waals surface area contributed by atoms with Crippen LogP contribution in [0.4, 0.5) is 8.78 Å². The van der Waals surface area contributed by atoms with Gasteiger partial charge in [0.2, 0.25) is 0 Å². The van der Waals surface area contributed by atoms with Gasteiger partial charge in [0.1, 0.15) is 11.6 Å². The van der Waals surface area contributed by atoms with Crippen LogP contribution in [0.15, 0.2) is 18.2 Å². The minimum Gasteiger partial charge on any atom is -0.304 e. The van der Waals surface area contributed by atoms with Crippen molar-refractivity contribution in [3.8, 4) is 6.07 Å². The molecule has 4 heteroatoms. The number of nitrogens with zero attached hydrogens (tertiary/aromatic N) is 2. The van der Waals surface area contributed by atoms with Crippen molar-refractivity contribution in [1.29, 1.82) is 5.26 Å². The third kappa shape index (κ3) is 3.05. The average Bonchev–Trinajstić information content (AvgIpc) is 3.08. The van der Waals surface area contributed by atoms with Crippen molar-refractivity contribution in [2.75, 3.05) is 20.1 Å². The standard InChI is InChI=1S/C14H16F2N2/c1-18(10-14(9-17)5-6-14)7-4-11-2-3-12(15)8-13(11)16/h2-3,8H,4-7,10H2,1H3. The lowest BCUT2D eigenvalue weighted by molar-refractivity contribution is 0.296. The summed E-state index contributed by atoms with van der Waals surface area (Å²) in [5.74, 6) is -1.05. The predicted octanol–water partition coefficient (Wildman–Crippen LogP) is 2.74. The van der Waals surface area contributed by atoms with Gasteiger partial charge >= 0.3 is 0 Å². The molecule has 1 fully saturated rings. The Balaban J connectivity index is 1.86. The van der Waals surface area contributed by atoms with E-state index in [-0.39, 0.29) is 5.41 Å². The van der Waals surface area contributed by atoms with E-state index in [1.165, 1.54) is 12.1 Å². The molecule has 2 nitrogen and oxygen atoms in total. The zero-order valence-electron chi connectivity index (χ0n) is 10.4. The Hall–Kier alpha value is -1.47. The number of hydrogen-bond donors (Lipinski definition) is 0. The van der Waals surface area contributed by atoms with Crippen molar-refractivity contribution in [2.45, 2.75) is 19.3 Å². The molecule has 1 aromatic rings. The Morgan fingerprint density at radius 2 is 2.11 bits per heavy atom.